The molecule has 1 fully saturated rings. The van der Waals surface area contributed by atoms with E-state index in [9.17, 15) is 0 Å². The van der Waals surface area contributed by atoms with Crippen molar-refractivity contribution < 1.29 is 0 Å². The summed E-state index contributed by atoms with van der Waals surface area (Å²) in [6, 6.07) is 2.60. The van der Waals surface area contributed by atoms with Gasteiger partial charge in [-0.3, -0.25) is 4.98 Å². The first-order chi connectivity index (χ1) is 8.18. The molecule has 3 nitrogen and oxygen atoms in total. The number of pyridine rings is 1. The fraction of sp³-hybridized carbons (Fsp3) is 0.643. The molecule has 2 rings (SSSR count). The van der Waals surface area contributed by atoms with Crippen molar-refractivity contribution in [3.05, 3.63) is 18.5 Å². The number of aromatic nitrogens is 1. The van der Waals surface area contributed by atoms with Crippen molar-refractivity contribution >= 4 is 11.4 Å². The van der Waals surface area contributed by atoms with Crippen molar-refractivity contribution in [2.75, 3.05) is 24.3 Å². The zero-order valence-corrected chi connectivity index (χ0v) is 11.1. The van der Waals surface area contributed by atoms with Crippen LogP contribution in [0.3, 0.4) is 0 Å². The van der Waals surface area contributed by atoms with Crippen LogP contribution >= 0.6 is 0 Å². The summed E-state index contributed by atoms with van der Waals surface area (Å²) >= 11 is 0. The van der Waals surface area contributed by atoms with Gasteiger partial charge in [-0.05, 0) is 31.7 Å². The molecule has 0 saturated heterocycles. The van der Waals surface area contributed by atoms with Gasteiger partial charge in [-0.15, -0.1) is 0 Å². The molecule has 0 radical (unpaired) electrons. The first kappa shape index (κ1) is 12.2. The van der Waals surface area contributed by atoms with Gasteiger partial charge in [0.2, 0.25) is 0 Å². The monoisotopic (exact) mass is 233 g/mol. The molecule has 94 valence electrons. The Bertz CT molecular complexity index is 356. The maximum Gasteiger partial charge on any atom is 0.0766 e. The summed E-state index contributed by atoms with van der Waals surface area (Å²) < 4.78 is 0. The van der Waals surface area contributed by atoms with Crippen LogP contribution in [0, 0.1) is 5.92 Å². The standard InChI is InChI=1S/C14H23N3/c1-11(12-6-4-5-7-12)16-13-10-15-9-8-14(13)17(2)3/h8-12,16H,4-7H2,1-3H3. The largest absolute Gasteiger partial charge is 0.379 e. The summed E-state index contributed by atoms with van der Waals surface area (Å²) in [4.78, 5) is 6.35. The molecule has 3 heteroatoms. The molecule has 1 heterocycles. The van der Waals surface area contributed by atoms with Gasteiger partial charge in [0.25, 0.3) is 0 Å². The average Bonchev–Trinajstić information content (AvgIpc) is 2.83. The second kappa shape index (κ2) is 5.39. The quantitative estimate of drug-likeness (QED) is 0.866. The molecule has 0 bridgehead atoms. The maximum atomic E-state index is 4.22. The number of hydrogen-bond donors (Lipinski definition) is 1. The van der Waals surface area contributed by atoms with Gasteiger partial charge >= 0.3 is 0 Å². The Morgan fingerprint density at radius 2 is 2.06 bits per heavy atom. The van der Waals surface area contributed by atoms with Crippen LogP contribution in [0.2, 0.25) is 0 Å². The molecule has 1 saturated carbocycles. The Morgan fingerprint density at radius 3 is 2.71 bits per heavy atom. The summed E-state index contributed by atoms with van der Waals surface area (Å²) in [5.74, 6) is 0.824. The lowest BCUT2D eigenvalue weighted by Gasteiger charge is -2.25. The van der Waals surface area contributed by atoms with E-state index >= 15 is 0 Å². The van der Waals surface area contributed by atoms with Crippen LogP contribution in [0.5, 0.6) is 0 Å². The summed E-state index contributed by atoms with van der Waals surface area (Å²) in [6.07, 6.45) is 9.30. The predicted molar refractivity (Wildman–Crippen MR) is 73.6 cm³/mol. The highest BCUT2D eigenvalue weighted by atomic mass is 15.1. The van der Waals surface area contributed by atoms with Crippen molar-refractivity contribution in [3.63, 3.8) is 0 Å². The summed E-state index contributed by atoms with van der Waals surface area (Å²) in [6.45, 7) is 2.29. The topological polar surface area (TPSA) is 28.2 Å². The van der Waals surface area contributed by atoms with Crippen molar-refractivity contribution in [1.29, 1.82) is 0 Å². The average molecular weight is 233 g/mol. The normalized spacial score (nSPS) is 18.1. The third-order valence-corrected chi connectivity index (χ3v) is 3.77. The van der Waals surface area contributed by atoms with E-state index in [4.69, 9.17) is 0 Å². The fourth-order valence-electron chi connectivity index (χ4n) is 2.71. The molecule has 1 aromatic rings. The van der Waals surface area contributed by atoms with Crippen LogP contribution in [0.4, 0.5) is 11.4 Å². The highest BCUT2D eigenvalue weighted by Crippen LogP contribution is 2.31. The van der Waals surface area contributed by atoms with E-state index in [0.717, 1.165) is 11.6 Å². The molecule has 1 unspecified atom stereocenters. The molecule has 0 aromatic carbocycles. The minimum absolute atomic E-state index is 0.542. The SMILES string of the molecule is CC(Nc1cnccc1N(C)C)C1CCCC1. The van der Waals surface area contributed by atoms with E-state index in [1.54, 1.807) is 0 Å². The van der Waals surface area contributed by atoms with Crippen LogP contribution in [0.25, 0.3) is 0 Å². The first-order valence-corrected chi connectivity index (χ1v) is 6.56. The number of hydrogen-bond acceptors (Lipinski definition) is 3. The Labute approximate surface area is 104 Å². The molecule has 1 aromatic heterocycles. The van der Waals surface area contributed by atoms with E-state index in [1.807, 2.05) is 12.4 Å². The van der Waals surface area contributed by atoms with Crippen molar-refractivity contribution in [2.45, 2.75) is 38.6 Å². The van der Waals surface area contributed by atoms with E-state index in [0.29, 0.717) is 6.04 Å². The van der Waals surface area contributed by atoms with Gasteiger partial charge in [-0.2, -0.15) is 0 Å². The van der Waals surface area contributed by atoms with Crippen LogP contribution < -0.4 is 10.2 Å². The highest BCUT2D eigenvalue weighted by molar-refractivity contribution is 5.68. The van der Waals surface area contributed by atoms with Crippen LogP contribution in [-0.2, 0) is 0 Å². The Hall–Kier alpha value is -1.25. The summed E-state index contributed by atoms with van der Waals surface area (Å²) in [5.41, 5.74) is 2.36. The lowest BCUT2D eigenvalue weighted by molar-refractivity contribution is 0.482. The number of nitrogens with one attached hydrogen (secondary N) is 1. The van der Waals surface area contributed by atoms with Crippen LogP contribution in [-0.4, -0.2) is 25.1 Å². The molecular weight excluding hydrogens is 210 g/mol. The van der Waals surface area contributed by atoms with Gasteiger partial charge in [0.15, 0.2) is 0 Å². The van der Waals surface area contributed by atoms with Crippen molar-refractivity contribution in [3.8, 4) is 0 Å². The molecular formula is C14H23N3. The Morgan fingerprint density at radius 1 is 1.35 bits per heavy atom. The van der Waals surface area contributed by atoms with Gasteiger partial charge in [0.05, 0.1) is 17.6 Å². The molecule has 1 aliphatic carbocycles. The fourth-order valence-corrected chi connectivity index (χ4v) is 2.71. The van der Waals surface area contributed by atoms with Gasteiger partial charge in [0.1, 0.15) is 0 Å². The van der Waals surface area contributed by atoms with E-state index in [1.165, 1.54) is 31.4 Å². The van der Waals surface area contributed by atoms with Gasteiger partial charge in [0, 0.05) is 26.3 Å². The highest BCUT2D eigenvalue weighted by Gasteiger charge is 2.22. The maximum absolute atomic E-state index is 4.22. The zero-order valence-electron chi connectivity index (χ0n) is 11.1. The van der Waals surface area contributed by atoms with Gasteiger partial charge < -0.3 is 10.2 Å². The van der Waals surface area contributed by atoms with Gasteiger partial charge in [-0.1, -0.05) is 12.8 Å². The summed E-state index contributed by atoms with van der Waals surface area (Å²) in [5, 5.41) is 3.63. The third-order valence-electron chi connectivity index (χ3n) is 3.77. The van der Waals surface area contributed by atoms with E-state index < -0.39 is 0 Å². The third kappa shape index (κ3) is 2.90. The lowest BCUT2D eigenvalue weighted by atomic mass is 9.99. The van der Waals surface area contributed by atoms with Crippen LogP contribution in [0.1, 0.15) is 32.6 Å². The van der Waals surface area contributed by atoms with E-state index in [-0.39, 0.29) is 0 Å². The molecule has 1 aliphatic rings. The van der Waals surface area contributed by atoms with Crippen molar-refractivity contribution in [1.82, 2.24) is 4.98 Å². The van der Waals surface area contributed by atoms with Gasteiger partial charge in [-0.25, -0.2) is 0 Å². The first-order valence-electron chi connectivity index (χ1n) is 6.56. The Kier molecular flexibility index (Phi) is 3.87. The lowest BCUT2D eigenvalue weighted by Crippen LogP contribution is -2.25. The number of nitrogens with zero attached hydrogens (tertiary/aromatic N) is 2. The minimum atomic E-state index is 0.542. The molecule has 1 atom stereocenters. The minimum Gasteiger partial charge on any atom is -0.379 e. The molecule has 17 heavy (non-hydrogen) atoms. The van der Waals surface area contributed by atoms with Crippen molar-refractivity contribution in [2.24, 2.45) is 5.92 Å². The summed E-state index contributed by atoms with van der Waals surface area (Å²) in [7, 11) is 4.14. The zero-order chi connectivity index (χ0) is 12.3. The second-order valence-electron chi connectivity index (χ2n) is 5.26. The van der Waals surface area contributed by atoms with Crippen LogP contribution in [0.15, 0.2) is 18.5 Å². The Balaban J connectivity index is 2.06. The number of rotatable bonds is 4. The predicted octanol–water partition coefficient (Wildman–Crippen LogP) is 3.14. The molecule has 0 spiro atoms. The number of anilines is 2. The molecule has 0 aliphatic heterocycles. The smallest absolute Gasteiger partial charge is 0.0766 e. The van der Waals surface area contributed by atoms with E-state index in [2.05, 4.69) is 42.3 Å². The second-order valence-corrected chi connectivity index (χ2v) is 5.26. The molecule has 0 amide bonds. The molecule has 1 N–H and O–H groups in total.